The van der Waals surface area contributed by atoms with Gasteiger partial charge in [0.25, 0.3) is 0 Å². The molecular formula is C23H27NO6. The molecule has 0 N–H and O–H groups in total. The SMILES string of the molecule is COC1=C(OC)C(=O)C(C(CCC=O)(c2ccccc2)N2CCOCC2)=C(C)C1=O. The summed E-state index contributed by atoms with van der Waals surface area (Å²) < 4.78 is 16.1. The number of aldehydes is 1. The van der Waals surface area contributed by atoms with Crippen LogP contribution in [0, 0.1) is 0 Å². The fourth-order valence-corrected chi connectivity index (χ4v) is 4.48. The fraction of sp³-hybridized carbons (Fsp3) is 0.435. The molecule has 2 aliphatic rings. The molecule has 1 saturated heterocycles. The normalized spacial score (nSPS) is 20.2. The van der Waals surface area contributed by atoms with Crippen LogP contribution in [0.15, 0.2) is 53.0 Å². The van der Waals surface area contributed by atoms with Crippen LogP contribution < -0.4 is 0 Å². The van der Waals surface area contributed by atoms with Gasteiger partial charge in [-0.15, -0.1) is 0 Å². The van der Waals surface area contributed by atoms with E-state index >= 15 is 0 Å². The fourth-order valence-electron chi connectivity index (χ4n) is 4.48. The second-order valence-corrected chi connectivity index (χ2v) is 7.26. The highest BCUT2D eigenvalue weighted by molar-refractivity contribution is 6.24. The number of carbonyl (C=O) groups excluding carboxylic acids is 3. The van der Waals surface area contributed by atoms with E-state index in [-0.39, 0.29) is 23.7 Å². The summed E-state index contributed by atoms with van der Waals surface area (Å²) in [6, 6.07) is 9.54. The third-order valence-corrected chi connectivity index (χ3v) is 5.81. The van der Waals surface area contributed by atoms with Gasteiger partial charge < -0.3 is 19.0 Å². The number of methoxy groups -OCH3 is 2. The van der Waals surface area contributed by atoms with Gasteiger partial charge in [0.2, 0.25) is 23.1 Å². The summed E-state index contributed by atoms with van der Waals surface area (Å²) in [5.41, 5.74) is 0.519. The van der Waals surface area contributed by atoms with Gasteiger partial charge in [0, 0.05) is 30.7 Å². The Balaban J connectivity index is 2.30. The minimum atomic E-state index is -0.966. The lowest BCUT2D eigenvalue weighted by molar-refractivity contribution is -0.123. The molecule has 160 valence electrons. The molecule has 1 heterocycles. The topological polar surface area (TPSA) is 82.1 Å². The van der Waals surface area contributed by atoms with Gasteiger partial charge in [-0.3, -0.25) is 14.5 Å². The standard InChI is InChI=1S/C23H27NO6/c1-16-18(20(27)22(29-3)21(28-2)19(16)26)23(10-7-13-25,17-8-5-4-6-9-17)24-11-14-30-15-12-24/h4-6,8-9,13H,7,10-12,14-15H2,1-3H3. The van der Waals surface area contributed by atoms with Gasteiger partial charge in [0.05, 0.1) is 33.0 Å². The van der Waals surface area contributed by atoms with Crippen molar-refractivity contribution in [2.45, 2.75) is 25.3 Å². The van der Waals surface area contributed by atoms with Gasteiger partial charge in [-0.05, 0) is 18.9 Å². The predicted molar refractivity (Wildman–Crippen MR) is 110 cm³/mol. The van der Waals surface area contributed by atoms with Crippen molar-refractivity contribution in [1.82, 2.24) is 4.90 Å². The van der Waals surface area contributed by atoms with Crippen molar-refractivity contribution in [2.75, 3.05) is 40.5 Å². The van der Waals surface area contributed by atoms with Crippen LogP contribution in [0.2, 0.25) is 0 Å². The molecule has 0 spiro atoms. The average Bonchev–Trinajstić information content (AvgIpc) is 2.79. The van der Waals surface area contributed by atoms with Crippen molar-refractivity contribution in [2.24, 2.45) is 0 Å². The largest absolute Gasteiger partial charge is 0.489 e. The Morgan fingerprint density at radius 1 is 1.03 bits per heavy atom. The zero-order valence-electron chi connectivity index (χ0n) is 17.6. The zero-order valence-corrected chi connectivity index (χ0v) is 17.6. The van der Waals surface area contributed by atoms with Crippen LogP contribution >= 0.6 is 0 Å². The Hall–Kier alpha value is -2.77. The number of morpholine rings is 1. The molecule has 7 nitrogen and oxygen atoms in total. The third-order valence-electron chi connectivity index (χ3n) is 5.81. The molecule has 1 aromatic rings. The van der Waals surface area contributed by atoms with Crippen LogP contribution in [-0.4, -0.2) is 63.3 Å². The highest BCUT2D eigenvalue weighted by Gasteiger charge is 2.50. The van der Waals surface area contributed by atoms with Gasteiger partial charge in [0.1, 0.15) is 6.29 Å². The Bertz CT molecular complexity index is 882. The van der Waals surface area contributed by atoms with Crippen LogP contribution in [0.25, 0.3) is 0 Å². The van der Waals surface area contributed by atoms with Crippen molar-refractivity contribution < 1.29 is 28.6 Å². The molecule has 1 aromatic carbocycles. The van der Waals surface area contributed by atoms with E-state index in [1.807, 2.05) is 30.3 Å². The first kappa shape index (κ1) is 21.9. The van der Waals surface area contributed by atoms with Crippen LogP contribution in [0.1, 0.15) is 25.3 Å². The van der Waals surface area contributed by atoms with Crippen molar-refractivity contribution in [3.8, 4) is 0 Å². The quantitative estimate of drug-likeness (QED) is 0.477. The number of benzene rings is 1. The molecular weight excluding hydrogens is 386 g/mol. The number of rotatable bonds is 8. The molecule has 1 unspecified atom stereocenters. The van der Waals surface area contributed by atoms with Crippen LogP contribution in [0.4, 0.5) is 0 Å². The second kappa shape index (κ2) is 9.36. The highest BCUT2D eigenvalue weighted by atomic mass is 16.5. The number of hydrogen-bond donors (Lipinski definition) is 0. The van der Waals surface area contributed by atoms with E-state index in [9.17, 15) is 14.4 Å². The Kier molecular flexibility index (Phi) is 6.84. The van der Waals surface area contributed by atoms with Crippen molar-refractivity contribution >= 4 is 17.9 Å². The summed E-state index contributed by atoms with van der Waals surface area (Å²) in [6.07, 6.45) is 1.43. The second-order valence-electron chi connectivity index (χ2n) is 7.26. The van der Waals surface area contributed by atoms with Gasteiger partial charge in [-0.25, -0.2) is 0 Å². The number of ketones is 2. The highest BCUT2D eigenvalue weighted by Crippen LogP contribution is 2.45. The maximum atomic E-state index is 13.7. The number of carbonyl (C=O) groups is 3. The molecule has 1 aliphatic heterocycles. The third kappa shape index (κ3) is 3.59. The van der Waals surface area contributed by atoms with E-state index < -0.39 is 11.3 Å². The Labute approximate surface area is 176 Å². The van der Waals surface area contributed by atoms with Crippen LogP contribution in [-0.2, 0) is 34.1 Å². The van der Waals surface area contributed by atoms with Crippen molar-refractivity contribution in [3.05, 3.63) is 58.6 Å². The first-order chi connectivity index (χ1) is 14.5. The van der Waals surface area contributed by atoms with Gasteiger partial charge in [-0.1, -0.05) is 30.3 Å². The van der Waals surface area contributed by atoms with Gasteiger partial charge in [-0.2, -0.15) is 0 Å². The summed E-state index contributed by atoms with van der Waals surface area (Å²) >= 11 is 0. The first-order valence-corrected chi connectivity index (χ1v) is 9.97. The monoisotopic (exact) mass is 413 g/mol. The Morgan fingerprint density at radius 2 is 1.63 bits per heavy atom. The smallest absolute Gasteiger partial charge is 0.230 e. The summed E-state index contributed by atoms with van der Waals surface area (Å²) in [5, 5.41) is 0. The molecule has 7 heteroatoms. The molecule has 1 aliphatic carbocycles. The predicted octanol–water partition coefficient (Wildman–Crippen LogP) is 2.17. The lowest BCUT2D eigenvalue weighted by atomic mass is 9.71. The first-order valence-electron chi connectivity index (χ1n) is 9.97. The Morgan fingerprint density at radius 3 is 2.20 bits per heavy atom. The number of hydrogen-bond acceptors (Lipinski definition) is 7. The molecule has 30 heavy (non-hydrogen) atoms. The van der Waals surface area contributed by atoms with Crippen LogP contribution in [0.5, 0.6) is 0 Å². The van der Waals surface area contributed by atoms with Crippen molar-refractivity contribution in [1.29, 1.82) is 0 Å². The maximum absolute atomic E-state index is 13.7. The van der Waals surface area contributed by atoms with E-state index in [1.54, 1.807) is 6.92 Å². The van der Waals surface area contributed by atoms with Gasteiger partial charge >= 0.3 is 0 Å². The molecule has 0 aromatic heterocycles. The molecule has 0 saturated carbocycles. The van der Waals surface area contributed by atoms with E-state index in [4.69, 9.17) is 14.2 Å². The summed E-state index contributed by atoms with van der Waals surface area (Å²) in [4.78, 5) is 40.4. The molecule has 1 atom stereocenters. The van der Waals surface area contributed by atoms with E-state index in [2.05, 4.69) is 4.90 Å². The lowest BCUT2D eigenvalue weighted by Crippen LogP contribution is -2.55. The minimum absolute atomic E-state index is 0.0944. The molecule has 3 rings (SSSR count). The molecule has 0 radical (unpaired) electrons. The number of ether oxygens (including phenoxy) is 3. The van der Waals surface area contributed by atoms with Crippen LogP contribution in [0.3, 0.4) is 0 Å². The van der Waals surface area contributed by atoms with E-state index in [1.165, 1.54) is 14.2 Å². The van der Waals surface area contributed by atoms with Crippen molar-refractivity contribution in [3.63, 3.8) is 0 Å². The average molecular weight is 413 g/mol. The minimum Gasteiger partial charge on any atom is -0.489 e. The molecule has 0 amide bonds. The number of nitrogens with zero attached hydrogens (tertiary/aromatic N) is 1. The maximum Gasteiger partial charge on any atom is 0.230 e. The summed E-state index contributed by atoms with van der Waals surface area (Å²) in [6.45, 7) is 3.77. The van der Waals surface area contributed by atoms with E-state index in [0.717, 1.165) is 11.8 Å². The summed E-state index contributed by atoms with van der Waals surface area (Å²) in [7, 11) is 2.69. The lowest BCUT2D eigenvalue weighted by Gasteiger charge is -2.48. The zero-order chi connectivity index (χ0) is 21.7. The summed E-state index contributed by atoms with van der Waals surface area (Å²) in [5.74, 6) is -0.984. The number of allylic oxidation sites excluding steroid dienone is 2. The number of Topliss-reactive ketones (excluding diaryl/α,β-unsaturated/α-hetero) is 2. The van der Waals surface area contributed by atoms with Gasteiger partial charge in [0.15, 0.2) is 0 Å². The molecule has 0 bridgehead atoms. The van der Waals surface area contributed by atoms with E-state index in [0.29, 0.717) is 43.9 Å². The molecule has 1 fully saturated rings.